The second-order valence-electron chi connectivity index (χ2n) is 4.59. The Labute approximate surface area is 138 Å². The average Bonchev–Trinajstić information content (AvgIpc) is 2.47. The number of alkyl halides is 3. The molecule has 9 heteroatoms. The van der Waals surface area contributed by atoms with E-state index < -0.39 is 32.5 Å². The van der Waals surface area contributed by atoms with Crippen LogP contribution < -0.4 is 4.72 Å². The average molecular weight is 412 g/mol. The molecular weight excluding hydrogens is 402 g/mol. The zero-order chi connectivity index (χ0) is 17.3. The molecule has 2 rings (SSSR count). The van der Waals surface area contributed by atoms with Crippen LogP contribution in [0.25, 0.3) is 0 Å². The van der Waals surface area contributed by atoms with Crippen molar-refractivity contribution in [2.24, 2.45) is 0 Å². The molecule has 0 unspecified atom stereocenters. The number of rotatable bonds is 4. The molecule has 2 aromatic rings. The first kappa shape index (κ1) is 17.9. The molecule has 0 saturated heterocycles. The third kappa shape index (κ3) is 4.52. The normalized spacial score (nSPS) is 12.4. The van der Waals surface area contributed by atoms with E-state index in [0.717, 1.165) is 36.4 Å². The number of hydrogen-bond donors (Lipinski definition) is 1. The van der Waals surface area contributed by atoms with Crippen molar-refractivity contribution >= 4 is 26.0 Å². The van der Waals surface area contributed by atoms with E-state index in [-0.39, 0.29) is 6.54 Å². The number of nitrogens with one attached hydrogen (secondary N) is 1. The van der Waals surface area contributed by atoms with E-state index in [4.69, 9.17) is 0 Å². The highest BCUT2D eigenvalue weighted by atomic mass is 79.9. The van der Waals surface area contributed by atoms with E-state index >= 15 is 0 Å². The van der Waals surface area contributed by atoms with Crippen LogP contribution >= 0.6 is 15.9 Å². The Morgan fingerprint density at radius 1 is 1.04 bits per heavy atom. The van der Waals surface area contributed by atoms with Gasteiger partial charge in [0.1, 0.15) is 10.7 Å². The van der Waals surface area contributed by atoms with Crippen molar-refractivity contribution in [1.82, 2.24) is 4.72 Å². The number of sulfonamides is 1. The Hall–Kier alpha value is -1.45. The van der Waals surface area contributed by atoms with Crippen LogP contribution in [0.5, 0.6) is 0 Å². The molecule has 0 spiro atoms. The fraction of sp³-hybridized carbons (Fsp3) is 0.143. The molecule has 124 valence electrons. The van der Waals surface area contributed by atoms with Crippen molar-refractivity contribution in [1.29, 1.82) is 0 Å². The highest BCUT2D eigenvalue weighted by molar-refractivity contribution is 9.10. The maximum atomic E-state index is 13.6. The zero-order valence-corrected chi connectivity index (χ0v) is 13.8. The lowest BCUT2D eigenvalue weighted by Gasteiger charge is -2.10. The molecule has 0 aliphatic rings. The Morgan fingerprint density at radius 3 is 2.22 bits per heavy atom. The predicted molar refractivity (Wildman–Crippen MR) is 79.6 cm³/mol. The molecule has 0 aliphatic heterocycles. The highest BCUT2D eigenvalue weighted by Crippen LogP contribution is 2.29. The van der Waals surface area contributed by atoms with E-state index in [1.165, 1.54) is 6.07 Å². The van der Waals surface area contributed by atoms with Crippen LogP contribution in [-0.4, -0.2) is 8.42 Å². The third-order valence-electron chi connectivity index (χ3n) is 2.93. The topological polar surface area (TPSA) is 46.2 Å². The van der Waals surface area contributed by atoms with Gasteiger partial charge >= 0.3 is 6.18 Å². The monoisotopic (exact) mass is 411 g/mol. The van der Waals surface area contributed by atoms with Crippen molar-refractivity contribution in [2.45, 2.75) is 17.6 Å². The Bertz CT molecular complexity index is 805. The molecule has 0 fully saturated rings. The van der Waals surface area contributed by atoms with Crippen LogP contribution in [-0.2, 0) is 22.7 Å². The zero-order valence-electron chi connectivity index (χ0n) is 11.4. The molecule has 0 heterocycles. The van der Waals surface area contributed by atoms with Gasteiger partial charge in [0, 0.05) is 11.0 Å². The van der Waals surface area contributed by atoms with Crippen LogP contribution in [0.3, 0.4) is 0 Å². The van der Waals surface area contributed by atoms with Crippen molar-refractivity contribution in [3.63, 3.8) is 0 Å². The minimum Gasteiger partial charge on any atom is -0.207 e. The molecule has 0 bridgehead atoms. The molecule has 0 atom stereocenters. The Balaban J connectivity index is 2.15. The van der Waals surface area contributed by atoms with Gasteiger partial charge in [0.15, 0.2) is 0 Å². The van der Waals surface area contributed by atoms with Gasteiger partial charge < -0.3 is 0 Å². The molecule has 3 nitrogen and oxygen atoms in total. The molecule has 0 saturated carbocycles. The minimum atomic E-state index is -4.46. The smallest absolute Gasteiger partial charge is 0.207 e. The molecule has 2 aromatic carbocycles. The lowest BCUT2D eigenvalue weighted by atomic mass is 10.1. The van der Waals surface area contributed by atoms with Gasteiger partial charge in [0.2, 0.25) is 10.0 Å². The summed E-state index contributed by atoms with van der Waals surface area (Å²) in [5.41, 5.74) is -0.515. The molecule has 0 aliphatic carbocycles. The SMILES string of the molecule is O=S(=O)(NCc1ccc(C(F)(F)F)cc1)c1cc(Br)ccc1F. The van der Waals surface area contributed by atoms with Gasteiger partial charge in [-0.2, -0.15) is 13.2 Å². The van der Waals surface area contributed by atoms with Crippen molar-refractivity contribution in [3.8, 4) is 0 Å². The van der Waals surface area contributed by atoms with Crippen molar-refractivity contribution in [2.75, 3.05) is 0 Å². The van der Waals surface area contributed by atoms with E-state index in [1.807, 2.05) is 0 Å². The molecule has 0 amide bonds. The van der Waals surface area contributed by atoms with Crippen LogP contribution in [0.1, 0.15) is 11.1 Å². The maximum Gasteiger partial charge on any atom is 0.416 e. The van der Waals surface area contributed by atoms with Gasteiger partial charge in [-0.25, -0.2) is 17.5 Å². The Morgan fingerprint density at radius 2 is 1.65 bits per heavy atom. The van der Waals surface area contributed by atoms with E-state index in [2.05, 4.69) is 20.7 Å². The summed E-state index contributed by atoms with van der Waals surface area (Å²) in [6.07, 6.45) is -4.46. The third-order valence-corrected chi connectivity index (χ3v) is 4.84. The Kier molecular flexibility index (Phi) is 5.12. The fourth-order valence-electron chi connectivity index (χ4n) is 1.75. The van der Waals surface area contributed by atoms with E-state index in [1.54, 1.807) is 0 Å². The van der Waals surface area contributed by atoms with Crippen LogP contribution in [0, 0.1) is 5.82 Å². The van der Waals surface area contributed by atoms with Crippen LogP contribution in [0.2, 0.25) is 0 Å². The number of benzene rings is 2. The molecule has 1 N–H and O–H groups in total. The van der Waals surface area contributed by atoms with Gasteiger partial charge in [-0.05, 0) is 35.9 Å². The highest BCUT2D eigenvalue weighted by Gasteiger charge is 2.30. The second-order valence-corrected chi connectivity index (χ2v) is 7.25. The summed E-state index contributed by atoms with van der Waals surface area (Å²) in [5.74, 6) is -0.923. The predicted octanol–water partition coefficient (Wildman–Crippen LogP) is 4.09. The minimum absolute atomic E-state index is 0.258. The summed E-state index contributed by atoms with van der Waals surface area (Å²) in [6, 6.07) is 7.46. The van der Waals surface area contributed by atoms with E-state index in [0.29, 0.717) is 10.0 Å². The van der Waals surface area contributed by atoms with Crippen LogP contribution in [0.15, 0.2) is 51.8 Å². The summed E-state index contributed by atoms with van der Waals surface area (Å²) >= 11 is 3.05. The van der Waals surface area contributed by atoms with Crippen molar-refractivity contribution < 1.29 is 26.0 Å². The van der Waals surface area contributed by atoms with Gasteiger partial charge in [0.05, 0.1) is 5.56 Å². The van der Waals surface area contributed by atoms with Gasteiger partial charge in [-0.15, -0.1) is 0 Å². The largest absolute Gasteiger partial charge is 0.416 e. The molecule has 23 heavy (non-hydrogen) atoms. The van der Waals surface area contributed by atoms with Crippen LogP contribution in [0.4, 0.5) is 17.6 Å². The van der Waals surface area contributed by atoms with Gasteiger partial charge in [0.25, 0.3) is 0 Å². The lowest BCUT2D eigenvalue weighted by Crippen LogP contribution is -2.24. The molecule has 0 aromatic heterocycles. The summed E-state index contributed by atoms with van der Waals surface area (Å²) in [6.45, 7) is -0.258. The molecular formula is C14H10BrF4NO2S. The fourth-order valence-corrected chi connectivity index (χ4v) is 3.38. The van der Waals surface area contributed by atoms with Gasteiger partial charge in [-0.1, -0.05) is 28.1 Å². The van der Waals surface area contributed by atoms with E-state index in [9.17, 15) is 26.0 Å². The van der Waals surface area contributed by atoms with Crippen molar-refractivity contribution in [3.05, 3.63) is 63.9 Å². The first-order chi connectivity index (χ1) is 10.6. The first-order valence-corrected chi connectivity index (χ1v) is 8.48. The number of hydrogen-bond acceptors (Lipinski definition) is 2. The quantitative estimate of drug-likeness (QED) is 0.770. The summed E-state index contributed by atoms with van der Waals surface area (Å²) in [4.78, 5) is -0.543. The standard InChI is InChI=1S/C14H10BrF4NO2S/c15-11-5-6-12(16)13(7-11)23(21,22)20-8-9-1-3-10(4-2-9)14(17,18)19/h1-7,20H,8H2. The second kappa shape index (κ2) is 6.58. The van der Waals surface area contributed by atoms with Gasteiger partial charge in [-0.3, -0.25) is 0 Å². The maximum absolute atomic E-state index is 13.6. The molecule has 0 radical (unpaired) electrons. The summed E-state index contributed by atoms with van der Waals surface area (Å²) in [5, 5.41) is 0. The summed E-state index contributed by atoms with van der Waals surface area (Å²) < 4.78 is 77.6. The lowest BCUT2D eigenvalue weighted by molar-refractivity contribution is -0.137. The summed E-state index contributed by atoms with van der Waals surface area (Å²) in [7, 11) is -4.13. The first-order valence-electron chi connectivity index (χ1n) is 6.20. The number of halogens is 5.